The largest absolute Gasteiger partial charge is 0.0762 e. The van der Waals surface area contributed by atoms with Crippen LogP contribution in [0.5, 0.6) is 0 Å². The van der Waals surface area contributed by atoms with Crippen molar-refractivity contribution in [2.75, 3.05) is 0 Å². The first-order chi connectivity index (χ1) is 10.2. The predicted molar refractivity (Wildman–Crippen MR) is 90.7 cm³/mol. The molecule has 1 heteroatoms. The third-order valence-electron chi connectivity index (χ3n) is 4.69. The molecule has 10 radical (unpaired) electrons. The summed E-state index contributed by atoms with van der Waals surface area (Å²) in [6.07, 6.45) is 26.7. The summed E-state index contributed by atoms with van der Waals surface area (Å²) in [5, 5.41) is 0. The van der Waals surface area contributed by atoms with Gasteiger partial charge in [0.2, 0.25) is 0 Å². The first kappa shape index (κ1) is 13.8. The highest BCUT2D eigenvalue weighted by Crippen LogP contribution is 2.61. The molecule has 0 atom stereocenters. The summed E-state index contributed by atoms with van der Waals surface area (Å²) < 4.78 is 0. The van der Waals surface area contributed by atoms with Crippen LogP contribution in [0.2, 0.25) is 13.1 Å². The van der Waals surface area contributed by atoms with Crippen molar-refractivity contribution in [2.45, 2.75) is 13.1 Å². The van der Waals surface area contributed by atoms with Crippen LogP contribution < -0.4 is 0 Å². The molecular formula is C20H18Si. The van der Waals surface area contributed by atoms with E-state index in [0.29, 0.717) is 0 Å². The van der Waals surface area contributed by atoms with Crippen molar-refractivity contribution in [2.24, 2.45) is 0 Å². The zero-order valence-corrected chi connectivity index (χ0v) is 13.4. The fraction of sp³-hybridized carbons (Fsp3) is 0.100. The Balaban J connectivity index is 1.72. The normalized spacial score (nSPS) is 28.7. The lowest BCUT2D eigenvalue weighted by molar-refractivity contribution is 1.13. The van der Waals surface area contributed by atoms with Crippen molar-refractivity contribution < 1.29 is 0 Å². The molecule has 102 valence electrons. The average molecular weight is 286 g/mol. The van der Waals surface area contributed by atoms with Crippen LogP contribution in [0.4, 0.5) is 0 Å². The van der Waals surface area contributed by atoms with Crippen LogP contribution in [0.1, 0.15) is 0 Å². The Hall–Kier alpha value is -0.823. The monoisotopic (exact) mass is 286 g/mol. The molecule has 0 saturated heterocycles. The average Bonchev–Trinajstić information content (AvgIpc) is 3.14. The Kier molecular flexibility index (Phi) is 3.37. The lowest BCUT2D eigenvalue weighted by Gasteiger charge is -2.40. The Bertz CT molecular complexity index is 482. The van der Waals surface area contributed by atoms with Gasteiger partial charge in [-0.15, -0.1) is 0 Å². The topological polar surface area (TPSA) is 0 Å². The molecule has 0 aromatic rings. The van der Waals surface area contributed by atoms with E-state index in [4.69, 9.17) is 0 Å². The number of fused-ring (bicyclic) bond motifs is 3. The van der Waals surface area contributed by atoms with Gasteiger partial charge in [0.15, 0.2) is 0 Å². The second-order valence-corrected chi connectivity index (χ2v) is 10.6. The van der Waals surface area contributed by atoms with E-state index in [2.05, 4.69) is 87.4 Å². The summed E-state index contributed by atoms with van der Waals surface area (Å²) in [5.74, 6) is 5.68. The van der Waals surface area contributed by atoms with Crippen LogP contribution in [0.15, 0.2) is 48.6 Å². The summed E-state index contributed by atoms with van der Waals surface area (Å²) >= 11 is 0. The summed E-state index contributed by atoms with van der Waals surface area (Å²) in [4.78, 5) is 0. The Morgan fingerprint density at radius 1 is 0.619 bits per heavy atom. The number of allylic oxidation sites excluding steroid dienone is 8. The minimum Gasteiger partial charge on any atom is -0.0762 e. The van der Waals surface area contributed by atoms with Gasteiger partial charge in [0.25, 0.3) is 0 Å². The van der Waals surface area contributed by atoms with Crippen LogP contribution in [-0.2, 0) is 0 Å². The van der Waals surface area contributed by atoms with Gasteiger partial charge >= 0.3 is 0 Å². The van der Waals surface area contributed by atoms with E-state index < -0.39 is 8.07 Å². The molecule has 0 spiro atoms. The summed E-state index contributed by atoms with van der Waals surface area (Å²) in [6, 6.07) is 0. The van der Waals surface area contributed by atoms with Crippen LogP contribution in [0.25, 0.3) is 0 Å². The third kappa shape index (κ3) is 2.08. The Labute approximate surface area is 130 Å². The Morgan fingerprint density at radius 3 is 1.52 bits per heavy atom. The first-order valence-corrected chi connectivity index (χ1v) is 10.5. The number of hydrogen-bond acceptors (Lipinski definition) is 0. The van der Waals surface area contributed by atoms with Gasteiger partial charge < -0.3 is 0 Å². The highest BCUT2D eigenvalue weighted by molar-refractivity contribution is 6.90. The molecule has 0 aromatic carbocycles. The van der Waals surface area contributed by atoms with Crippen LogP contribution in [-0.4, -0.2) is 8.07 Å². The van der Waals surface area contributed by atoms with Gasteiger partial charge in [0.05, 0.1) is 8.07 Å². The minimum absolute atomic E-state index is 1.40. The van der Waals surface area contributed by atoms with Gasteiger partial charge in [-0.25, -0.2) is 0 Å². The molecule has 2 saturated carbocycles. The lowest BCUT2D eigenvalue weighted by atomic mass is 9.83. The minimum atomic E-state index is -1.68. The second-order valence-electron chi connectivity index (χ2n) is 6.26. The molecule has 4 aliphatic rings. The molecule has 0 aliphatic heterocycles. The van der Waals surface area contributed by atoms with Gasteiger partial charge in [0, 0.05) is 23.7 Å². The smallest absolute Gasteiger partial charge is 0.0635 e. The maximum atomic E-state index is 2.47. The highest BCUT2D eigenvalue weighted by atomic mass is 28.3. The molecule has 0 aromatic heterocycles. The first-order valence-electron chi connectivity index (χ1n) is 7.48. The summed E-state index contributed by atoms with van der Waals surface area (Å²) in [5.41, 5.74) is 3.10. The van der Waals surface area contributed by atoms with Crippen molar-refractivity contribution in [3.05, 3.63) is 109 Å². The predicted octanol–water partition coefficient (Wildman–Crippen LogP) is 4.32. The molecule has 4 rings (SSSR count). The van der Waals surface area contributed by atoms with E-state index in [1.54, 1.807) is 5.54 Å². The molecule has 0 nitrogen and oxygen atoms in total. The van der Waals surface area contributed by atoms with Crippen molar-refractivity contribution in [3.8, 4) is 0 Å². The van der Waals surface area contributed by atoms with Crippen molar-refractivity contribution in [3.63, 3.8) is 0 Å². The molecule has 0 N–H and O–H groups in total. The van der Waals surface area contributed by atoms with Crippen LogP contribution >= 0.6 is 0 Å². The zero-order valence-electron chi connectivity index (χ0n) is 12.4. The fourth-order valence-electron chi connectivity index (χ4n) is 3.63. The van der Waals surface area contributed by atoms with Crippen molar-refractivity contribution >= 4 is 8.07 Å². The molecule has 0 amide bonds. The van der Waals surface area contributed by atoms with Crippen molar-refractivity contribution in [1.29, 1.82) is 0 Å². The van der Waals surface area contributed by atoms with E-state index in [0.717, 1.165) is 0 Å². The van der Waals surface area contributed by atoms with Gasteiger partial charge in [-0.2, -0.15) is 0 Å². The van der Waals surface area contributed by atoms with E-state index in [-0.39, 0.29) is 0 Å². The van der Waals surface area contributed by atoms with Crippen molar-refractivity contribution in [1.82, 2.24) is 0 Å². The van der Waals surface area contributed by atoms with E-state index in [1.807, 2.05) is 0 Å². The quantitative estimate of drug-likeness (QED) is 0.663. The van der Waals surface area contributed by atoms with E-state index >= 15 is 0 Å². The maximum Gasteiger partial charge on any atom is 0.0635 e. The van der Waals surface area contributed by atoms with E-state index in [9.17, 15) is 0 Å². The summed E-state index contributed by atoms with van der Waals surface area (Å²) in [7, 11) is -1.68. The zero-order chi connectivity index (χ0) is 14.4. The van der Waals surface area contributed by atoms with Gasteiger partial charge in [-0.1, -0.05) is 61.7 Å². The van der Waals surface area contributed by atoms with Crippen LogP contribution in [0, 0.1) is 60.4 Å². The second kappa shape index (κ2) is 5.12. The lowest BCUT2D eigenvalue weighted by Crippen LogP contribution is -2.45. The maximum absolute atomic E-state index is 2.47. The molecule has 21 heavy (non-hydrogen) atoms. The SMILES string of the molecule is C[Si](C)([C]1[CH][CH][CH][CH]1)[C]1[C]2C=CC=C[C]2[C]2C=CC=C[C]21. The number of rotatable bonds is 2. The standard InChI is InChI=1S/C20H18Si/c1-21(2,15-9-3-4-10-15)20-18-13-7-5-11-16(18)17-12-6-8-14-19(17)20/h3-14H,1-2H3. The van der Waals surface area contributed by atoms with Crippen LogP contribution in [0.3, 0.4) is 0 Å². The van der Waals surface area contributed by atoms with Gasteiger partial charge in [0.1, 0.15) is 0 Å². The fourth-order valence-corrected chi connectivity index (χ4v) is 6.72. The Morgan fingerprint density at radius 2 is 1.05 bits per heavy atom. The third-order valence-corrected chi connectivity index (χ3v) is 8.26. The molecular weight excluding hydrogens is 268 g/mol. The summed E-state index contributed by atoms with van der Waals surface area (Å²) in [6.45, 7) is 4.94. The van der Waals surface area contributed by atoms with Gasteiger partial charge in [-0.3, -0.25) is 0 Å². The molecule has 0 unspecified atom stereocenters. The molecule has 4 aliphatic carbocycles. The number of hydrogen-bond donors (Lipinski definition) is 0. The van der Waals surface area contributed by atoms with E-state index in [1.165, 1.54) is 29.2 Å². The molecule has 0 bridgehead atoms. The molecule has 0 heterocycles. The van der Waals surface area contributed by atoms with Gasteiger partial charge in [-0.05, 0) is 36.8 Å². The molecule has 2 fully saturated rings. The highest BCUT2D eigenvalue weighted by Gasteiger charge is 2.57.